The molecule has 0 N–H and O–H groups in total. The maximum absolute atomic E-state index is 12.5. The third-order valence-corrected chi connectivity index (χ3v) is 4.05. The Balaban J connectivity index is 2.24. The largest absolute Gasteiger partial charge is 0.485 e. The number of ketones is 1. The summed E-state index contributed by atoms with van der Waals surface area (Å²) in [6.45, 7) is 12.4. The van der Waals surface area contributed by atoms with Crippen LogP contribution in [0.5, 0.6) is 0 Å². The Morgan fingerprint density at radius 2 is 1.95 bits per heavy atom. The molecule has 0 bridgehead atoms. The molecule has 0 heterocycles. The van der Waals surface area contributed by atoms with Crippen molar-refractivity contribution < 1.29 is 9.53 Å². The van der Waals surface area contributed by atoms with Crippen LogP contribution >= 0.6 is 0 Å². The summed E-state index contributed by atoms with van der Waals surface area (Å²) >= 11 is 0. The van der Waals surface area contributed by atoms with Crippen LogP contribution in [0, 0.1) is 11.8 Å². The fourth-order valence-corrected chi connectivity index (χ4v) is 3.00. The van der Waals surface area contributed by atoms with Crippen LogP contribution < -0.4 is 0 Å². The summed E-state index contributed by atoms with van der Waals surface area (Å²) < 4.78 is 5.90. The molecular formula is C20H24O2. The van der Waals surface area contributed by atoms with Crippen molar-refractivity contribution in [3.8, 4) is 0 Å². The molecule has 0 radical (unpaired) electrons. The Kier molecular flexibility index (Phi) is 5.37. The second kappa shape index (κ2) is 7.26. The molecule has 0 fully saturated rings. The van der Waals surface area contributed by atoms with Crippen LogP contribution in [0.1, 0.15) is 32.3 Å². The second-order valence-corrected chi connectivity index (χ2v) is 6.03. The molecule has 0 spiro atoms. The zero-order chi connectivity index (χ0) is 16.1. The van der Waals surface area contributed by atoms with E-state index in [9.17, 15) is 4.79 Å². The predicted octanol–water partition coefficient (Wildman–Crippen LogP) is 4.83. The van der Waals surface area contributed by atoms with Crippen LogP contribution in [0.3, 0.4) is 0 Å². The van der Waals surface area contributed by atoms with E-state index in [1.54, 1.807) is 0 Å². The summed E-state index contributed by atoms with van der Waals surface area (Å²) in [5.74, 6) is 0.912. The number of benzene rings is 1. The van der Waals surface area contributed by atoms with Gasteiger partial charge in [0.05, 0.1) is 0 Å². The Hall–Kier alpha value is -2.09. The molecule has 1 aromatic rings. The third kappa shape index (κ3) is 3.38. The quantitative estimate of drug-likeness (QED) is 0.532. The number of rotatable bonds is 7. The Labute approximate surface area is 133 Å². The average molecular weight is 296 g/mol. The number of hydrogen-bond acceptors (Lipinski definition) is 2. The summed E-state index contributed by atoms with van der Waals surface area (Å²) in [6, 6.07) is 9.90. The number of Topliss-reactive ketones (excluding diaryl/α,β-unsaturated/α-hetero) is 1. The highest BCUT2D eigenvalue weighted by Crippen LogP contribution is 2.41. The molecule has 0 aliphatic heterocycles. The maximum Gasteiger partial charge on any atom is 0.223 e. The van der Waals surface area contributed by atoms with Gasteiger partial charge in [-0.2, -0.15) is 0 Å². The van der Waals surface area contributed by atoms with Crippen molar-refractivity contribution in [3.63, 3.8) is 0 Å². The monoisotopic (exact) mass is 296 g/mol. The fourth-order valence-electron chi connectivity index (χ4n) is 3.00. The highest BCUT2D eigenvalue weighted by atomic mass is 16.5. The molecule has 0 unspecified atom stereocenters. The molecule has 0 saturated heterocycles. The molecule has 22 heavy (non-hydrogen) atoms. The number of carbonyl (C=O) groups excluding carboxylic acids is 1. The summed E-state index contributed by atoms with van der Waals surface area (Å²) in [5, 5.41) is 0. The first-order valence-electron chi connectivity index (χ1n) is 7.80. The molecule has 2 rings (SSSR count). The van der Waals surface area contributed by atoms with Crippen molar-refractivity contribution in [2.24, 2.45) is 11.8 Å². The van der Waals surface area contributed by atoms with E-state index in [2.05, 4.69) is 27.0 Å². The summed E-state index contributed by atoms with van der Waals surface area (Å²) in [6.07, 6.45) is 3.53. The van der Waals surface area contributed by atoms with Gasteiger partial charge >= 0.3 is 0 Å². The Morgan fingerprint density at radius 3 is 2.55 bits per heavy atom. The molecule has 0 amide bonds. The van der Waals surface area contributed by atoms with E-state index < -0.39 is 0 Å². The normalized spacial score (nSPS) is 18.2. The fraction of sp³-hybridized carbons (Fsp3) is 0.350. The lowest BCUT2D eigenvalue weighted by Crippen LogP contribution is -2.11. The van der Waals surface area contributed by atoms with E-state index in [-0.39, 0.29) is 11.7 Å². The number of ether oxygens (including phenoxy) is 1. The number of carbonyl (C=O) groups is 1. The van der Waals surface area contributed by atoms with Crippen molar-refractivity contribution in [1.82, 2.24) is 0 Å². The summed E-state index contributed by atoms with van der Waals surface area (Å²) in [4.78, 5) is 12.5. The van der Waals surface area contributed by atoms with Crippen molar-refractivity contribution in [2.45, 2.75) is 33.3 Å². The molecule has 1 aliphatic carbocycles. The van der Waals surface area contributed by atoms with Gasteiger partial charge in [-0.1, -0.05) is 56.8 Å². The van der Waals surface area contributed by atoms with E-state index in [0.717, 1.165) is 24.0 Å². The van der Waals surface area contributed by atoms with Gasteiger partial charge in [0.2, 0.25) is 5.78 Å². The zero-order valence-corrected chi connectivity index (χ0v) is 13.5. The second-order valence-electron chi connectivity index (χ2n) is 6.03. The molecule has 0 aromatic heterocycles. The van der Waals surface area contributed by atoms with E-state index in [1.165, 1.54) is 0 Å². The topological polar surface area (TPSA) is 26.3 Å². The lowest BCUT2D eigenvalue weighted by molar-refractivity contribution is -0.115. The highest BCUT2D eigenvalue weighted by molar-refractivity contribution is 6.10. The van der Waals surface area contributed by atoms with Crippen molar-refractivity contribution >= 4 is 5.78 Å². The standard InChI is InChI=1S/C20H24O2/c1-5-6-12-17-18(14(2)3)15(4)19(21)20(17)22-13-16-10-8-7-9-11-16/h5,7-11,14,18H,1,4,6,12-13H2,2-3H3/t18-/m0/s1. The Bertz CT molecular complexity index is 593. The van der Waals surface area contributed by atoms with Gasteiger partial charge in [0.1, 0.15) is 6.61 Å². The number of hydrogen-bond donors (Lipinski definition) is 0. The van der Waals surface area contributed by atoms with Gasteiger partial charge in [-0.05, 0) is 29.9 Å². The van der Waals surface area contributed by atoms with Gasteiger partial charge in [0.15, 0.2) is 5.76 Å². The Morgan fingerprint density at radius 1 is 1.27 bits per heavy atom. The number of allylic oxidation sites excluding steroid dienone is 3. The average Bonchev–Trinajstić information content (AvgIpc) is 2.75. The van der Waals surface area contributed by atoms with Gasteiger partial charge in [0.25, 0.3) is 0 Å². The summed E-state index contributed by atoms with van der Waals surface area (Å²) in [5.41, 5.74) is 2.81. The van der Waals surface area contributed by atoms with Crippen LogP contribution in [0.2, 0.25) is 0 Å². The van der Waals surface area contributed by atoms with Crippen LogP contribution in [-0.2, 0) is 16.1 Å². The van der Waals surface area contributed by atoms with Crippen molar-refractivity contribution in [1.29, 1.82) is 0 Å². The first-order valence-corrected chi connectivity index (χ1v) is 7.80. The molecule has 1 aliphatic rings. The van der Waals surface area contributed by atoms with Gasteiger partial charge in [-0.3, -0.25) is 4.79 Å². The van der Waals surface area contributed by atoms with Crippen LogP contribution in [0.25, 0.3) is 0 Å². The molecule has 0 saturated carbocycles. The molecule has 116 valence electrons. The molecule has 1 aromatic carbocycles. The van der Waals surface area contributed by atoms with E-state index in [1.807, 2.05) is 36.4 Å². The van der Waals surface area contributed by atoms with Gasteiger partial charge in [-0.15, -0.1) is 6.58 Å². The first-order chi connectivity index (χ1) is 10.6. The smallest absolute Gasteiger partial charge is 0.223 e. The van der Waals surface area contributed by atoms with Gasteiger partial charge in [-0.25, -0.2) is 0 Å². The van der Waals surface area contributed by atoms with Crippen molar-refractivity contribution in [3.05, 3.63) is 72.0 Å². The van der Waals surface area contributed by atoms with E-state index in [4.69, 9.17) is 4.74 Å². The SMILES string of the molecule is C=CCCC1=C(OCc2ccccc2)C(=O)C(=C)[C@@H]1C(C)C. The molecular weight excluding hydrogens is 272 g/mol. The maximum atomic E-state index is 12.5. The predicted molar refractivity (Wildman–Crippen MR) is 90.2 cm³/mol. The molecule has 2 nitrogen and oxygen atoms in total. The highest BCUT2D eigenvalue weighted by Gasteiger charge is 2.38. The van der Waals surface area contributed by atoms with Gasteiger partial charge < -0.3 is 4.74 Å². The van der Waals surface area contributed by atoms with E-state index in [0.29, 0.717) is 23.9 Å². The minimum absolute atomic E-state index is 0.0336. The molecule has 1 atom stereocenters. The lowest BCUT2D eigenvalue weighted by Gasteiger charge is -2.19. The van der Waals surface area contributed by atoms with Crippen molar-refractivity contribution in [2.75, 3.05) is 0 Å². The van der Waals surface area contributed by atoms with Crippen LogP contribution in [0.15, 0.2) is 66.5 Å². The van der Waals surface area contributed by atoms with E-state index >= 15 is 0 Å². The van der Waals surface area contributed by atoms with Crippen LogP contribution in [-0.4, -0.2) is 5.78 Å². The summed E-state index contributed by atoms with van der Waals surface area (Å²) in [7, 11) is 0. The minimum Gasteiger partial charge on any atom is -0.485 e. The first kappa shape index (κ1) is 16.3. The van der Waals surface area contributed by atoms with Gasteiger partial charge in [0, 0.05) is 11.5 Å². The molecule has 2 heteroatoms. The lowest BCUT2D eigenvalue weighted by atomic mass is 9.85. The third-order valence-electron chi connectivity index (χ3n) is 4.05. The zero-order valence-electron chi connectivity index (χ0n) is 13.5. The van der Waals surface area contributed by atoms with Crippen LogP contribution in [0.4, 0.5) is 0 Å². The minimum atomic E-state index is -0.0336.